The average molecular weight is 225 g/mol. The number of fused-ring (bicyclic) bond motifs is 1. The SMILES string of the molecule is BrCC[C@H]1CCc2ccccc21. The Morgan fingerprint density at radius 3 is 3.00 bits per heavy atom. The summed E-state index contributed by atoms with van der Waals surface area (Å²) < 4.78 is 0. The highest BCUT2D eigenvalue weighted by atomic mass is 79.9. The lowest BCUT2D eigenvalue weighted by atomic mass is 9.99. The summed E-state index contributed by atoms with van der Waals surface area (Å²) in [7, 11) is 0. The van der Waals surface area contributed by atoms with Gasteiger partial charge in [-0.25, -0.2) is 0 Å². The number of rotatable bonds is 2. The first-order valence-electron chi connectivity index (χ1n) is 4.55. The van der Waals surface area contributed by atoms with Gasteiger partial charge < -0.3 is 0 Å². The van der Waals surface area contributed by atoms with Crippen LogP contribution in [0.5, 0.6) is 0 Å². The zero-order valence-corrected chi connectivity index (χ0v) is 8.68. The number of alkyl halides is 1. The lowest BCUT2D eigenvalue weighted by Crippen LogP contribution is -1.93. The molecule has 0 fully saturated rings. The van der Waals surface area contributed by atoms with Crippen LogP contribution >= 0.6 is 15.9 Å². The molecule has 64 valence electrons. The van der Waals surface area contributed by atoms with Crippen LogP contribution in [0.4, 0.5) is 0 Å². The van der Waals surface area contributed by atoms with E-state index in [0.29, 0.717) is 0 Å². The maximum absolute atomic E-state index is 3.51. The highest BCUT2D eigenvalue weighted by Gasteiger charge is 2.20. The third kappa shape index (κ3) is 1.42. The number of benzene rings is 1. The highest BCUT2D eigenvalue weighted by Crippen LogP contribution is 2.35. The fourth-order valence-electron chi connectivity index (χ4n) is 2.08. The van der Waals surface area contributed by atoms with Crippen molar-refractivity contribution in [3.8, 4) is 0 Å². The van der Waals surface area contributed by atoms with E-state index >= 15 is 0 Å². The largest absolute Gasteiger partial charge is 0.0928 e. The van der Waals surface area contributed by atoms with Crippen LogP contribution in [0.2, 0.25) is 0 Å². The Morgan fingerprint density at radius 2 is 2.17 bits per heavy atom. The Labute approximate surface area is 82.1 Å². The lowest BCUT2D eigenvalue weighted by molar-refractivity contribution is 0.663. The van der Waals surface area contributed by atoms with E-state index < -0.39 is 0 Å². The summed E-state index contributed by atoms with van der Waals surface area (Å²) in [5, 5.41) is 1.13. The molecule has 0 aliphatic heterocycles. The first-order valence-corrected chi connectivity index (χ1v) is 5.67. The molecule has 0 bridgehead atoms. The van der Waals surface area contributed by atoms with E-state index in [1.54, 1.807) is 11.1 Å². The van der Waals surface area contributed by atoms with Crippen LogP contribution in [0.3, 0.4) is 0 Å². The van der Waals surface area contributed by atoms with Gasteiger partial charge in [0.1, 0.15) is 0 Å². The van der Waals surface area contributed by atoms with E-state index in [0.717, 1.165) is 11.2 Å². The zero-order valence-electron chi connectivity index (χ0n) is 7.09. The van der Waals surface area contributed by atoms with Crippen molar-refractivity contribution in [2.45, 2.75) is 25.2 Å². The van der Waals surface area contributed by atoms with E-state index in [9.17, 15) is 0 Å². The van der Waals surface area contributed by atoms with Gasteiger partial charge in [-0.1, -0.05) is 40.2 Å². The van der Waals surface area contributed by atoms with Crippen LogP contribution in [0.25, 0.3) is 0 Å². The molecule has 12 heavy (non-hydrogen) atoms. The molecular weight excluding hydrogens is 212 g/mol. The van der Waals surface area contributed by atoms with Crippen LogP contribution in [-0.2, 0) is 6.42 Å². The number of halogens is 1. The molecule has 1 aromatic rings. The Kier molecular flexibility index (Phi) is 2.50. The topological polar surface area (TPSA) is 0 Å². The van der Waals surface area contributed by atoms with E-state index in [4.69, 9.17) is 0 Å². The fourth-order valence-corrected chi connectivity index (χ4v) is 2.63. The van der Waals surface area contributed by atoms with Gasteiger partial charge in [-0.2, -0.15) is 0 Å². The second kappa shape index (κ2) is 3.61. The zero-order chi connectivity index (χ0) is 8.39. The normalized spacial score (nSPS) is 20.9. The molecule has 0 saturated carbocycles. The molecule has 0 amide bonds. The van der Waals surface area contributed by atoms with Gasteiger partial charge in [0.15, 0.2) is 0 Å². The van der Waals surface area contributed by atoms with Crippen LogP contribution < -0.4 is 0 Å². The molecule has 1 heteroatoms. The summed E-state index contributed by atoms with van der Waals surface area (Å²) in [5.74, 6) is 0.820. The third-order valence-electron chi connectivity index (χ3n) is 2.71. The molecule has 2 rings (SSSR count). The van der Waals surface area contributed by atoms with Crippen LogP contribution in [0.15, 0.2) is 24.3 Å². The van der Waals surface area contributed by atoms with Crippen molar-refractivity contribution in [2.75, 3.05) is 5.33 Å². The van der Waals surface area contributed by atoms with Crippen molar-refractivity contribution in [2.24, 2.45) is 0 Å². The summed E-state index contributed by atoms with van der Waals surface area (Å²) in [6.07, 6.45) is 3.93. The summed E-state index contributed by atoms with van der Waals surface area (Å²) in [6, 6.07) is 8.86. The van der Waals surface area contributed by atoms with E-state index in [2.05, 4.69) is 40.2 Å². The van der Waals surface area contributed by atoms with Crippen molar-refractivity contribution in [1.82, 2.24) is 0 Å². The molecular formula is C11H13Br. The van der Waals surface area contributed by atoms with Gasteiger partial charge in [0.2, 0.25) is 0 Å². The molecule has 0 radical (unpaired) electrons. The Hall–Kier alpha value is -0.300. The minimum absolute atomic E-state index is 0.820. The van der Waals surface area contributed by atoms with Gasteiger partial charge >= 0.3 is 0 Å². The Morgan fingerprint density at radius 1 is 1.33 bits per heavy atom. The predicted molar refractivity (Wildman–Crippen MR) is 55.9 cm³/mol. The Balaban J connectivity index is 2.24. The molecule has 0 spiro atoms. The maximum atomic E-state index is 3.51. The lowest BCUT2D eigenvalue weighted by Gasteiger charge is -2.08. The summed E-state index contributed by atoms with van der Waals surface area (Å²) >= 11 is 3.51. The number of hydrogen-bond acceptors (Lipinski definition) is 0. The molecule has 0 unspecified atom stereocenters. The first-order chi connectivity index (χ1) is 5.92. The minimum atomic E-state index is 0.820. The van der Waals surface area contributed by atoms with Crippen molar-refractivity contribution < 1.29 is 0 Å². The monoisotopic (exact) mass is 224 g/mol. The first kappa shape index (κ1) is 8.31. The summed E-state index contributed by atoms with van der Waals surface area (Å²) in [4.78, 5) is 0. The van der Waals surface area contributed by atoms with Gasteiger partial charge in [0, 0.05) is 5.33 Å². The van der Waals surface area contributed by atoms with Gasteiger partial charge in [-0.15, -0.1) is 0 Å². The van der Waals surface area contributed by atoms with Crippen molar-refractivity contribution in [3.63, 3.8) is 0 Å². The quantitative estimate of drug-likeness (QED) is 0.675. The molecule has 0 heterocycles. The van der Waals surface area contributed by atoms with Crippen LogP contribution in [-0.4, -0.2) is 5.33 Å². The second-order valence-electron chi connectivity index (χ2n) is 3.41. The second-order valence-corrected chi connectivity index (χ2v) is 4.21. The molecule has 0 nitrogen and oxygen atoms in total. The molecule has 1 aliphatic rings. The van der Waals surface area contributed by atoms with Crippen molar-refractivity contribution >= 4 is 15.9 Å². The average Bonchev–Trinajstić information content (AvgIpc) is 2.50. The predicted octanol–water partition coefficient (Wildman–Crippen LogP) is 3.50. The maximum Gasteiger partial charge on any atom is 0.00371 e. The molecule has 0 N–H and O–H groups in total. The highest BCUT2D eigenvalue weighted by molar-refractivity contribution is 9.09. The van der Waals surface area contributed by atoms with Crippen molar-refractivity contribution in [3.05, 3.63) is 35.4 Å². The van der Waals surface area contributed by atoms with Crippen LogP contribution in [0, 0.1) is 0 Å². The smallest absolute Gasteiger partial charge is 0.00371 e. The molecule has 1 aromatic carbocycles. The van der Waals surface area contributed by atoms with Gasteiger partial charge in [0.25, 0.3) is 0 Å². The minimum Gasteiger partial charge on any atom is -0.0928 e. The standard InChI is InChI=1S/C11H13Br/c12-8-7-10-6-5-9-3-1-2-4-11(9)10/h1-4,10H,5-8H2/t10-/m1/s1. The van der Waals surface area contributed by atoms with E-state index in [1.807, 2.05) is 0 Å². The molecule has 1 atom stereocenters. The summed E-state index contributed by atoms with van der Waals surface area (Å²) in [6.45, 7) is 0. The molecule has 0 aromatic heterocycles. The summed E-state index contributed by atoms with van der Waals surface area (Å²) in [5.41, 5.74) is 3.17. The van der Waals surface area contributed by atoms with Gasteiger partial charge in [0.05, 0.1) is 0 Å². The number of hydrogen-bond donors (Lipinski definition) is 0. The Bertz CT molecular complexity index is 265. The van der Waals surface area contributed by atoms with Gasteiger partial charge in [-0.3, -0.25) is 0 Å². The van der Waals surface area contributed by atoms with Gasteiger partial charge in [-0.05, 0) is 36.3 Å². The van der Waals surface area contributed by atoms with Crippen LogP contribution in [0.1, 0.15) is 29.9 Å². The number of aryl methyl sites for hydroxylation is 1. The molecule has 1 aliphatic carbocycles. The van der Waals surface area contributed by atoms with Crippen molar-refractivity contribution in [1.29, 1.82) is 0 Å². The van der Waals surface area contributed by atoms with E-state index in [-0.39, 0.29) is 0 Å². The third-order valence-corrected chi connectivity index (χ3v) is 3.17. The fraction of sp³-hybridized carbons (Fsp3) is 0.455. The van der Waals surface area contributed by atoms with E-state index in [1.165, 1.54) is 19.3 Å². The molecule has 0 saturated heterocycles.